The number of nitrogens with zero attached hydrogens (tertiary/aromatic N) is 4. The van der Waals surface area contributed by atoms with E-state index in [1.54, 1.807) is 18.7 Å². The maximum absolute atomic E-state index is 12.3. The number of amides is 1. The smallest absolute Gasteiger partial charge is 0.230 e. The number of fused-ring (bicyclic) bond motifs is 1. The minimum atomic E-state index is -0.0760. The number of hydrogen-bond acceptors (Lipinski definition) is 7. The number of ether oxygens (including phenoxy) is 2. The van der Waals surface area contributed by atoms with E-state index in [1.807, 2.05) is 60.7 Å². The zero-order valence-electron chi connectivity index (χ0n) is 17.8. The summed E-state index contributed by atoms with van der Waals surface area (Å²) in [6.07, 6.45) is 0.695. The molecule has 0 radical (unpaired) electrons. The van der Waals surface area contributed by atoms with E-state index in [4.69, 9.17) is 9.47 Å². The summed E-state index contributed by atoms with van der Waals surface area (Å²) in [5, 5.41) is 16.5. The molecule has 8 nitrogen and oxygen atoms in total. The van der Waals surface area contributed by atoms with Gasteiger partial charge < -0.3 is 14.8 Å². The van der Waals surface area contributed by atoms with Crippen molar-refractivity contribution >= 4 is 23.3 Å². The summed E-state index contributed by atoms with van der Waals surface area (Å²) >= 11 is 1.30. The molecule has 1 amide bonds. The molecule has 0 atom stereocenters. The number of hydrogen-bond donors (Lipinski definition) is 1. The Hall–Kier alpha value is -3.59. The zero-order chi connectivity index (χ0) is 22.3. The van der Waals surface area contributed by atoms with Crippen LogP contribution < -0.4 is 14.8 Å². The van der Waals surface area contributed by atoms with Crippen molar-refractivity contribution in [2.24, 2.45) is 0 Å². The van der Waals surface area contributed by atoms with E-state index in [1.165, 1.54) is 11.8 Å². The zero-order valence-corrected chi connectivity index (χ0v) is 18.6. The van der Waals surface area contributed by atoms with Gasteiger partial charge in [0.1, 0.15) is 11.5 Å². The summed E-state index contributed by atoms with van der Waals surface area (Å²) in [4.78, 5) is 12.3. The molecule has 0 aliphatic rings. The molecule has 0 saturated carbocycles. The average molecular weight is 450 g/mol. The van der Waals surface area contributed by atoms with Crippen molar-refractivity contribution in [2.45, 2.75) is 11.6 Å². The average Bonchev–Trinajstić information content (AvgIpc) is 3.25. The summed E-state index contributed by atoms with van der Waals surface area (Å²) in [5.41, 5.74) is 3.41. The number of aromatic nitrogens is 4. The molecule has 0 unspecified atom stereocenters. The molecule has 0 aliphatic carbocycles. The molecule has 2 aromatic carbocycles. The molecule has 164 valence electrons. The minimum Gasteiger partial charge on any atom is -0.497 e. The summed E-state index contributed by atoms with van der Waals surface area (Å²) < 4.78 is 12.2. The molecule has 0 aliphatic heterocycles. The first-order chi connectivity index (χ1) is 15.7. The van der Waals surface area contributed by atoms with Crippen LogP contribution in [-0.4, -0.2) is 52.2 Å². The second-order valence-corrected chi connectivity index (χ2v) is 7.84. The molecule has 0 saturated heterocycles. The third-order valence-corrected chi connectivity index (χ3v) is 5.78. The fraction of sp³-hybridized carbons (Fsp3) is 0.217. The molecule has 9 heteroatoms. The molecular weight excluding hydrogens is 426 g/mol. The van der Waals surface area contributed by atoms with Gasteiger partial charge in [-0.05, 0) is 54.4 Å². The van der Waals surface area contributed by atoms with Crippen LogP contribution in [0.25, 0.3) is 16.9 Å². The van der Waals surface area contributed by atoms with Gasteiger partial charge in [-0.2, -0.15) is 9.61 Å². The summed E-state index contributed by atoms with van der Waals surface area (Å²) in [7, 11) is 3.28. The van der Waals surface area contributed by atoms with Crippen molar-refractivity contribution in [2.75, 3.05) is 26.5 Å². The fourth-order valence-corrected chi connectivity index (χ4v) is 3.92. The van der Waals surface area contributed by atoms with Crippen molar-refractivity contribution < 1.29 is 14.3 Å². The normalized spacial score (nSPS) is 10.8. The van der Waals surface area contributed by atoms with Gasteiger partial charge in [-0.1, -0.05) is 30.0 Å². The largest absolute Gasteiger partial charge is 0.497 e. The van der Waals surface area contributed by atoms with Crippen LogP contribution >= 0.6 is 11.8 Å². The Morgan fingerprint density at radius 1 is 1.00 bits per heavy atom. The third kappa shape index (κ3) is 5.00. The predicted octanol–water partition coefficient (Wildman–Crippen LogP) is 3.26. The summed E-state index contributed by atoms with van der Waals surface area (Å²) in [6.45, 7) is 0.528. The van der Waals surface area contributed by atoms with Gasteiger partial charge in [-0.15, -0.1) is 10.2 Å². The number of rotatable bonds is 9. The van der Waals surface area contributed by atoms with E-state index < -0.39 is 0 Å². The first-order valence-corrected chi connectivity index (χ1v) is 11.0. The van der Waals surface area contributed by atoms with Crippen LogP contribution in [0.2, 0.25) is 0 Å². The lowest BCUT2D eigenvalue weighted by atomic mass is 10.1. The number of para-hydroxylation sites is 1. The lowest BCUT2D eigenvalue weighted by molar-refractivity contribution is -0.118. The van der Waals surface area contributed by atoms with Crippen LogP contribution in [0.4, 0.5) is 0 Å². The number of thioether (sulfide) groups is 1. The van der Waals surface area contributed by atoms with Gasteiger partial charge >= 0.3 is 0 Å². The predicted molar refractivity (Wildman–Crippen MR) is 123 cm³/mol. The molecule has 0 spiro atoms. The van der Waals surface area contributed by atoms with E-state index in [9.17, 15) is 4.79 Å². The molecule has 4 rings (SSSR count). The van der Waals surface area contributed by atoms with Crippen LogP contribution in [0, 0.1) is 0 Å². The molecule has 32 heavy (non-hydrogen) atoms. The molecule has 2 aromatic heterocycles. The maximum Gasteiger partial charge on any atom is 0.230 e. The highest BCUT2D eigenvalue weighted by Crippen LogP contribution is 2.23. The monoisotopic (exact) mass is 449 g/mol. The Bertz CT molecular complexity index is 1210. The number of nitrogens with one attached hydrogen (secondary N) is 1. The van der Waals surface area contributed by atoms with Crippen molar-refractivity contribution in [1.29, 1.82) is 0 Å². The number of benzene rings is 2. The summed E-state index contributed by atoms with van der Waals surface area (Å²) in [6, 6.07) is 19.2. The Morgan fingerprint density at radius 3 is 2.59 bits per heavy atom. The number of carbonyl (C=O) groups excluding carboxylic acids is 1. The van der Waals surface area contributed by atoms with E-state index in [2.05, 4.69) is 20.6 Å². The Balaban J connectivity index is 1.36. The van der Waals surface area contributed by atoms with E-state index >= 15 is 0 Å². The second kappa shape index (κ2) is 10.1. The lowest BCUT2D eigenvalue weighted by Crippen LogP contribution is -2.27. The number of carbonyl (C=O) groups is 1. The topological polar surface area (TPSA) is 90.6 Å². The third-order valence-electron chi connectivity index (χ3n) is 4.86. The van der Waals surface area contributed by atoms with Gasteiger partial charge in [-0.25, -0.2) is 0 Å². The van der Waals surface area contributed by atoms with Gasteiger partial charge in [0.15, 0.2) is 5.65 Å². The van der Waals surface area contributed by atoms with Gasteiger partial charge in [0.2, 0.25) is 11.1 Å². The summed E-state index contributed by atoms with van der Waals surface area (Å²) in [5.74, 6) is 1.76. The van der Waals surface area contributed by atoms with Crippen molar-refractivity contribution in [3.8, 4) is 22.8 Å². The SMILES string of the molecule is COc1ccc(-c2ccc3nnc(SCC(=O)NCCc4ccccc4OC)n3n2)cc1. The van der Waals surface area contributed by atoms with Crippen LogP contribution in [0.5, 0.6) is 11.5 Å². The van der Waals surface area contributed by atoms with Gasteiger partial charge in [-0.3, -0.25) is 4.79 Å². The van der Waals surface area contributed by atoms with Crippen LogP contribution in [0.15, 0.2) is 65.8 Å². The minimum absolute atomic E-state index is 0.0760. The Morgan fingerprint density at radius 2 is 1.81 bits per heavy atom. The molecule has 2 heterocycles. The highest BCUT2D eigenvalue weighted by Gasteiger charge is 2.12. The first-order valence-electron chi connectivity index (χ1n) is 10.1. The van der Waals surface area contributed by atoms with Crippen LogP contribution in [0.1, 0.15) is 5.56 Å². The van der Waals surface area contributed by atoms with Crippen molar-refractivity contribution in [3.05, 3.63) is 66.2 Å². The molecule has 0 bridgehead atoms. The highest BCUT2D eigenvalue weighted by molar-refractivity contribution is 7.99. The van der Waals surface area contributed by atoms with E-state index in [0.717, 1.165) is 28.3 Å². The van der Waals surface area contributed by atoms with Crippen LogP contribution in [0.3, 0.4) is 0 Å². The quantitative estimate of drug-likeness (QED) is 0.392. The standard InChI is InChI=1S/C23H23N5O3S/c1-30-18-9-7-16(8-10-18)19-11-12-21-25-26-23(28(21)27-19)32-15-22(29)24-14-13-17-5-3-4-6-20(17)31-2/h3-12H,13-15H2,1-2H3,(H,24,29). The van der Waals surface area contributed by atoms with Crippen molar-refractivity contribution in [3.63, 3.8) is 0 Å². The van der Waals surface area contributed by atoms with Gasteiger partial charge in [0.25, 0.3) is 0 Å². The van der Waals surface area contributed by atoms with E-state index in [-0.39, 0.29) is 11.7 Å². The van der Waals surface area contributed by atoms with E-state index in [0.29, 0.717) is 23.8 Å². The molecule has 1 N–H and O–H groups in total. The maximum atomic E-state index is 12.3. The highest BCUT2D eigenvalue weighted by atomic mass is 32.2. The van der Waals surface area contributed by atoms with Gasteiger partial charge in [0, 0.05) is 12.1 Å². The Labute approximate surface area is 190 Å². The molecular formula is C23H23N5O3S. The molecule has 4 aromatic rings. The number of methoxy groups -OCH3 is 2. The first kappa shape index (κ1) is 21.6. The fourth-order valence-electron chi connectivity index (χ4n) is 3.20. The van der Waals surface area contributed by atoms with Gasteiger partial charge in [0.05, 0.1) is 25.7 Å². The Kier molecular flexibility index (Phi) is 6.86. The second-order valence-electron chi connectivity index (χ2n) is 6.90. The molecule has 0 fully saturated rings. The van der Waals surface area contributed by atoms with Crippen molar-refractivity contribution in [1.82, 2.24) is 25.1 Å². The lowest BCUT2D eigenvalue weighted by Gasteiger charge is -2.09. The van der Waals surface area contributed by atoms with Crippen LogP contribution in [-0.2, 0) is 11.2 Å².